The molecule has 2 saturated carbocycles. The summed E-state index contributed by atoms with van der Waals surface area (Å²) in [7, 11) is 1.69. The summed E-state index contributed by atoms with van der Waals surface area (Å²) in [6.45, 7) is 0. The number of pyridine rings is 1. The molecule has 7 heteroatoms. The number of methoxy groups -OCH3 is 1. The van der Waals surface area contributed by atoms with Crippen molar-refractivity contribution in [3.8, 4) is 28.6 Å². The molecule has 0 unspecified atom stereocenters. The molecule has 0 bridgehead atoms. The first-order chi connectivity index (χ1) is 18.2. The lowest BCUT2D eigenvalue weighted by molar-refractivity contribution is 0.151. The standard InChI is InChI=1S/C30H33N3O3S/c1-34-26-12-11-20(17-27(26)35-21-9-5-6-10-21)30-32-24-18-28(36-22-7-3-2-4-8-22)29(19-25(24)33-30)37-23-13-15-31-16-14-23/h11-19,21-22H,2-10H2,1H3,(H,32,33). The number of hydrogen-bond donors (Lipinski definition) is 1. The molecular weight excluding hydrogens is 482 g/mol. The topological polar surface area (TPSA) is 69.3 Å². The average Bonchev–Trinajstić information content (AvgIpc) is 3.60. The highest BCUT2D eigenvalue weighted by molar-refractivity contribution is 7.99. The van der Waals surface area contributed by atoms with Gasteiger partial charge in [-0.2, -0.15) is 0 Å². The second kappa shape index (κ2) is 11.1. The van der Waals surface area contributed by atoms with E-state index in [0.29, 0.717) is 0 Å². The number of imidazole rings is 1. The van der Waals surface area contributed by atoms with Crippen LogP contribution < -0.4 is 14.2 Å². The van der Waals surface area contributed by atoms with Gasteiger partial charge in [-0.3, -0.25) is 4.98 Å². The molecule has 192 valence electrons. The second-order valence-corrected chi connectivity index (χ2v) is 11.1. The normalized spacial score (nSPS) is 16.8. The summed E-state index contributed by atoms with van der Waals surface area (Å²) in [6.07, 6.45) is 14.8. The predicted molar refractivity (Wildman–Crippen MR) is 147 cm³/mol. The first-order valence-electron chi connectivity index (χ1n) is 13.4. The Hall–Kier alpha value is -3.19. The number of nitrogens with one attached hydrogen (secondary N) is 1. The van der Waals surface area contributed by atoms with Gasteiger partial charge in [-0.15, -0.1) is 0 Å². The Balaban J connectivity index is 1.34. The van der Waals surface area contributed by atoms with Crippen LogP contribution >= 0.6 is 11.8 Å². The average molecular weight is 516 g/mol. The van der Waals surface area contributed by atoms with E-state index < -0.39 is 0 Å². The van der Waals surface area contributed by atoms with E-state index in [4.69, 9.17) is 19.2 Å². The Bertz CT molecular complexity index is 1350. The quantitative estimate of drug-likeness (QED) is 0.258. The molecule has 1 N–H and O–H groups in total. The van der Waals surface area contributed by atoms with E-state index in [1.165, 1.54) is 32.1 Å². The molecule has 2 aromatic carbocycles. The summed E-state index contributed by atoms with van der Waals surface area (Å²) in [4.78, 5) is 14.9. The van der Waals surface area contributed by atoms with Gasteiger partial charge in [-0.1, -0.05) is 18.2 Å². The van der Waals surface area contributed by atoms with Crippen LogP contribution in [0.25, 0.3) is 22.4 Å². The SMILES string of the molecule is COc1ccc(-c2nc3cc(Sc4ccncc4)c(OC4CCCCC4)cc3[nH]2)cc1OC1CCCC1. The van der Waals surface area contributed by atoms with Gasteiger partial charge in [0.1, 0.15) is 11.6 Å². The van der Waals surface area contributed by atoms with Crippen LogP contribution in [0.3, 0.4) is 0 Å². The van der Waals surface area contributed by atoms with Crippen LogP contribution in [0.1, 0.15) is 57.8 Å². The summed E-state index contributed by atoms with van der Waals surface area (Å²) in [5, 5.41) is 0. The molecule has 2 aliphatic carbocycles. The number of aromatic amines is 1. The van der Waals surface area contributed by atoms with Crippen molar-refractivity contribution in [1.82, 2.24) is 15.0 Å². The van der Waals surface area contributed by atoms with Crippen molar-refractivity contribution in [2.24, 2.45) is 0 Å². The lowest BCUT2D eigenvalue weighted by Gasteiger charge is -2.24. The zero-order valence-electron chi connectivity index (χ0n) is 21.2. The zero-order chi connectivity index (χ0) is 25.0. The van der Waals surface area contributed by atoms with Crippen LogP contribution in [0.2, 0.25) is 0 Å². The van der Waals surface area contributed by atoms with Gasteiger partial charge in [-0.25, -0.2) is 4.98 Å². The predicted octanol–water partition coefficient (Wildman–Crippen LogP) is 7.82. The highest BCUT2D eigenvalue weighted by Gasteiger charge is 2.21. The number of aromatic nitrogens is 3. The molecule has 2 heterocycles. The van der Waals surface area contributed by atoms with Gasteiger partial charge in [0, 0.05) is 28.9 Å². The van der Waals surface area contributed by atoms with Crippen molar-refractivity contribution in [3.63, 3.8) is 0 Å². The van der Waals surface area contributed by atoms with E-state index in [1.807, 2.05) is 42.7 Å². The number of benzene rings is 2. The smallest absolute Gasteiger partial charge is 0.162 e. The maximum absolute atomic E-state index is 6.58. The largest absolute Gasteiger partial charge is 0.493 e. The third-order valence-electron chi connectivity index (χ3n) is 7.30. The summed E-state index contributed by atoms with van der Waals surface area (Å²) >= 11 is 1.69. The van der Waals surface area contributed by atoms with Crippen molar-refractivity contribution < 1.29 is 14.2 Å². The van der Waals surface area contributed by atoms with Crippen molar-refractivity contribution in [1.29, 1.82) is 0 Å². The second-order valence-electron chi connectivity index (χ2n) is 9.95. The van der Waals surface area contributed by atoms with Gasteiger partial charge >= 0.3 is 0 Å². The molecule has 6 rings (SSSR count). The molecule has 2 fully saturated rings. The third kappa shape index (κ3) is 5.57. The monoisotopic (exact) mass is 515 g/mol. The number of ether oxygens (including phenoxy) is 3. The number of fused-ring (bicyclic) bond motifs is 1. The van der Waals surface area contributed by atoms with E-state index >= 15 is 0 Å². The van der Waals surface area contributed by atoms with Crippen LogP contribution in [0, 0.1) is 0 Å². The molecule has 2 aromatic heterocycles. The zero-order valence-corrected chi connectivity index (χ0v) is 22.1. The number of nitrogens with zero attached hydrogens (tertiary/aromatic N) is 2. The van der Waals surface area contributed by atoms with Crippen molar-refractivity contribution in [2.75, 3.05) is 7.11 Å². The number of rotatable bonds is 8. The van der Waals surface area contributed by atoms with Crippen LogP contribution in [0.15, 0.2) is 64.6 Å². The highest BCUT2D eigenvalue weighted by atomic mass is 32.2. The fraction of sp³-hybridized carbons (Fsp3) is 0.400. The van der Waals surface area contributed by atoms with E-state index in [1.54, 1.807) is 18.9 Å². The Kier molecular flexibility index (Phi) is 7.22. The molecule has 0 amide bonds. The molecule has 0 saturated heterocycles. The molecule has 4 aromatic rings. The van der Waals surface area contributed by atoms with Crippen molar-refractivity contribution >= 4 is 22.8 Å². The minimum Gasteiger partial charge on any atom is -0.493 e. The molecular formula is C30H33N3O3S. The molecule has 0 atom stereocenters. The maximum atomic E-state index is 6.58. The lowest BCUT2D eigenvalue weighted by Crippen LogP contribution is -2.19. The van der Waals surface area contributed by atoms with E-state index in [-0.39, 0.29) is 12.2 Å². The molecule has 6 nitrogen and oxygen atoms in total. The Labute approximate surface area is 222 Å². The summed E-state index contributed by atoms with van der Waals surface area (Å²) < 4.78 is 18.5. The van der Waals surface area contributed by atoms with Gasteiger partial charge < -0.3 is 19.2 Å². The first kappa shape index (κ1) is 24.2. The Morgan fingerprint density at radius 1 is 0.784 bits per heavy atom. The highest BCUT2D eigenvalue weighted by Crippen LogP contribution is 2.40. The van der Waals surface area contributed by atoms with E-state index in [2.05, 4.69) is 22.1 Å². The summed E-state index contributed by atoms with van der Waals surface area (Å²) in [5.41, 5.74) is 2.86. The van der Waals surface area contributed by atoms with Gasteiger partial charge in [-0.05, 0) is 87.8 Å². The molecule has 37 heavy (non-hydrogen) atoms. The third-order valence-corrected chi connectivity index (χ3v) is 8.35. The van der Waals surface area contributed by atoms with E-state index in [9.17, 15) is 0 Å². The molecule has 0 aliphatic heterocycles. The first-order valence-corrected chi connectivity index (χ1v) is 14.2. The molecule has 2 aliphatic rings. The van der Waals surface area contributed by atoms with E-state index in [0.717, 1.165) is 75.1 Å². The Morgan fingerprint density at radius 3 is 2.22 bits per heavy atom. The van der Waals surface area contributed by atoms with Crippen LogP contribution in [-0.2, 0) is 0 Å². The number of hydrogen-bond acceptors (Lipinski definition) is 6. The van der Waals surface area contributed by atoms with Crippen molar-refractivity contribution in [2.45, 2.75) is 79.8 Å². The minimum absolute atomic E-state index is 0.257. The fourth-order valence-electron chi connectivity index (χ4n) is 5.32. The van der Waals surface area contributed by atoms with Gasteiger partial charge in [0.2, 0.25) is 0 Å². The van der Waals surface area contributed by atoms with Gasteiger partial charge in [0.25, 0.3) is 0 Å². The Morgan fingerprint density at radius 2 is 1.49 bits per heavy atom. The lowest BCUT2D eigenvalue weighted by atomic mass is 9.98. The summed E-state index contributed by atoms with van der Waals surface area (Å²) in [5.74, 6) is 3.26. The van der Waals surface area contributed by atoms with Crippen LogP contribution in [0.4, 0.5) is 0 Å². The van der Waals surface area contributed by atoms with Crippen molar-refractivity contribution in [3.05, 3.63) is 54.9 Å². The number of H-pyrrole nitrogens is 1. The fourth-order valence-corrected chi connectivity index (χ4v) is 6.21. The van der Waals surface area contributed by atoms with Crippen LogP contribution in [0.5, 0.6) is 17.2 Å². The minimum atomic E-state index is 0.257. The van der Waals surface area contributed by atoms with Crippen LogP contribution in [-0.4, -0.2) is 34.3 Å². The van der Waals surface area contributed by atoms with Gasteiger partial charge in [0.15, 0.2) is 11.5 Å². The molecule has 0 spiro atoms. The van der Waals surface area contributed by atoms with Gasteiger partial charge in [0.05, 0.1) is 35.2 Å². The molecule has 0 radical (unpaired) electrons. The maximum Gasteiger partial charge on any atom is 0.162 e. The summed E-state index contributed by atoms with van der Waals surface area (Å²) in [6, 6.07) is 14.3.